The second-order valence-corrected chi connectivity index (χ2v) is 5.07. The van der Waals surface area contributed by atoms with Crippen molar-refractivity contribution in [2.24, 2.45) is 0 Å². The molecule has 3 rings (SSSR count). The van der Waals surface area contributed by atoms with Crippen molar-refractivity contribution in [3.63, 3.8) is 0 Å². The number of aromatic amines is 1. The highest BCUT2D eigenvalue weighted by Gasteiger charge is 2.11. The van der Waals surface area contributed by atoms with Crippen molar-refractivity contribution in [3.05, 3.63) is 84.1 Å². The van der Waals surface area contributed by atoms with E-state index in [4.69, 9.17) is 9.47 Å². The average Bonchev–Trinajstić information content (AvgIpc) is 3.02. The topological polar surface area (TPSA) is 51.3 Å². The van der Waals surface area contributed by atoms with Crippen LogP contribution in [0.25, 0.3) is 0 Å². The summed E-state index contributed by atoms with van der Waals surface area (Å²) in [6, 6.07) is 21.1. The van der Waals surface area contributed by atoms with Crippen LogP contribution < -0.4 is 9.47 Å². The predicted molar refractivity (Wildman–Crippen MR) is 87.6 cm³/mol. The van der Waals surface area contributed by atoms with Crippen LogP contribution in [0.3, 0.4) is 0 Å². The lowest BCUT2D eigenvalue weighted by Gasteiger charge is -2.07. The molecule has 1 heterocycles. The van der Waals surface area contributed by atoms with Crippen LogP contribution >= 0.6 is 0 Å². The van der Waals surface area contributed by atoms with Crippen molar-refractivity contribution in [2.75, 3.05) is 6.61 Å². The Balaban J connectivity index is 1.58. The first-order chi connectivity index (χ1) is 11.3. The van der Waals surface area contributed by atoms with Crippen LogP contribution in [0.2, 0.25) is 0 Å². The van der Waals surface area contributed by atoms with Crippen molar-refractivity contribution in [1.29, 1.82) is 0 Å². The number of H-pyrrole nitrogens is 1. The van der Waals surface area contributed by atoms with Crippen molar-refractivity contribution < 1.29 is 14.3 Å². The lowest BCUT2D eigenvalue weighted by molar-refractivity contribution is -0.136. The van der Waals surface area contributed by atoms with Gasteiger partial charge in [0.2, 0.25) is 5.88 Å². The maximum atomic E-state index is 11.9. The van der Waals surface area contributed by atoms with Gasteiger partial charge in [0.05, 0.1) is 0 Å². The summed E-state index contributed by atoms with van der Waals surface area (Å²) in [5.74, 6) is 0.668. The van der Waals surface area contributed by atoms with Gasteiger partial charge in [0.15, 0.2) is 6.61 Å². The third-order valence-electron chi connectivity index (χ3n) is 3.34. The number of rotatable bonds is 6. The fraction of sp³-hybridized carbons (Fsp3) is 0.105. The number of esters is 1. The molecule has 0 spiro atoms. The highest BCUT2D eigenvalue weighted by Crippen LogP contribution is 2.20. The van der Waals surface area contributed by atoms with Crippen molar-refractivity contribution in [2.45, 2.75) is 6.42 Å². The van der Waals surface area contributed by atoms with Gasteiger partial charge in [0.1, 0.15) is 5.75 Å². The second kappa shape index (κ2) is 7.31. The van der Waals surface area contributed by atoms with E-state index < -0.39 is 5.97 Å². The molecule has 116 valence electrons. The van der Waals surface area contributed by atoms with E-state index in [2.05, 4.69) is 4.98 Å². The summed E-state index contributed by atoms with van der Waals surface area (Å²) in [7, 11) is 0. The molecule has 0 fully saturated rings. The van der Waals surface area contributed by atoms with E-state index in [9.17, 15) is 4.79 Å². The monoisotopic (exact) mass is 307 g/mol. The Labute approximate surface area is 134 Å². The molecule has 0 aliphatic carbocycles. The fourth-order valence-corrected chi connectivity index (χ4v) is 2.24. The Morgan fingerprint density at radius 1 is 0.913 bits per heavy atom. The summed E-state index contributed by atoms with van der Waals surface area (Å²) in [4.78, 5) is 14.9. The van der Waals surface area contributed by atoms with Crippen molar-refractivity contribution >= 4 is 5.97 Å². The number of hydrogen-bond acceptors (Lipinski definition) is 3. The van der Waals surface area contributed by atoms with E-state index in [1.807, 2.05) is 54.6 Å². The molecule has 4 heteroatoms. The highest BCUT2D eigenvalue weighted by molar-refractivity contribution is 5.74. The maximum absolute atomic E-state index is 11.9. The smallest absolute Gasteiger partial charge is 0.350 e. The molecule has 1 N–H and O–H groups in total. The van der Waals surface area contributed by atoms with Crippen LogP contribution in [0.15, 0.2) is 72.9 Å². The van der Waals surface area contributed by atoms with Gasteiger partial charge in [0, 0.05) is 18.2 Å². The lowest BCUT2D eigenvalue weighted by atomic mass is 10.1. The highest BCUT2D eigenvalue weighted by atomic mass is 16.6. The standard InChI is InChI=1S/C19H17NO3/c21-18(14-22-17-9-5-2-6-10-17)23-19-16(11-12-20-19)13-15-7-3-1-4-8-15/h1-12,20H,13-14H2. The number of ether oxygens (including phenoxy) is 2. The van der Waals surface area contributed by atoms with E-state index >= 15 is 0 Å². The molecule has 0 bridgehead atoms. The maximum Gasteiger partial charge on any atom is 0.350 e. The Morgan fingerprint density at radius 3 is 2.35 bits per heavy atom. The first-order valence-electron chi connectivity index (χ1n) is 7.40. The van der Waals surface area contributed by atoms with Crippen LogP contribution in [0.5, 0.6) is 11.6 Å². The first kappa shape index (κ1) is 14.9. The van der Waals surface area contributed by atoms with Crippen molar-refractivity contribution in [1.82, 2.24) is 4.98 Å². The molecule has 2 aromatic carbocycles. The SMILES string of the molecule is O=C(COc1ccccc1)Oc1[nH]ccc1Cc1ccccc1. The molecule has 0 saturated carbocycles. The summed E-state index contributed by atoms with van der Waals surface area (Å²) >= 11 is 0. The molecule has 0 atom stereocenters. The zero-order valence-electron chi connectivity index (χ0n) is 12.6. The molecule has 1 aromatic heterocycles. The van der Waals surface area contributed by atoms with Crippen LogP contribution in [0, 0.1) is 0 Å². The van der Waals surface area contributed by atoms with Gasteiger partial charge in [-0.25, -0.2) is 4.79 Å². The van der Waals surface area contributed by atoms with Gasteiger partial charge in [-0.2, -0.15) is 0 Å². The Morgan fingerprint density at radius 2 is 1.61 bits per heavy atom. The number of nitrogens with one attached hydrogen (secondary N) is 1. The molecule has 23 heavy (non-hydrogen) atoms. The summed E-state index contributed by atoms with van der Waals surface area (Å²) in [5, 5.41) is 0. The Kier molecular flexibility index (Phi) is 4.74. The zero-order valence-corrected chi connectivity index (χ0v) is 12.6. The van der Waals surface area contributed by atoms with E-state index in [1.165, 1.54) is 0 Å². The van der Waals surface area contributed by atoms with Gasteiger partial charge in [-0.05, 0) is 23.8 Å². The summed E-state index contributed by atoms with van der Waals surface area (Å²) < 4.78 is 10.7. The fourth-order valence-electron chi connectivity index (χ4n) is 2.24. The molecule has 0 radical (unpaired) electrons. The van der Waals surface area contributed by atoms with E-state index in [0.717, 1.165) is 11.1 Å². The van der Waals surface area contributed by atoms with Gasteiger partial charge in [-0.3, -0.25) is 0 Å². The molecule has 0 aliphatic rings. The van der Waals surface area contributed by atoms with Crippen LogP contribution in [0.4, 0.5) is 0 Å². The number of hydrogen-bond donors (Lipinski definition) is 1. The molecule has 0 saturated heterocycles. The van der Waals surface area contributed by atoms with Crippen LogP contribution in [0.1, 0.15) is 11.1 Å². The van der Waals surface area contributed by atoms with Crippen LogP contribution in [-0.2, 0) is 11.2 Å². The molecule has 0 amide bonds. The average molecular weight is 307 g/mol. The molecular weight excluding hydrogens is 290 g/mol. The molecule has 3 aromatic rings. The molecule has 0 unspecified atom stereocenters. The van der Waals surface area contributed by atoms with Crippen LogP contribution in [-0.4, -0.2) is 17.6 Å². The number of benzene rings is 2. The zero-order chi connectivity index (χ0) is 15.9. The minimum absolute atomic E-state index is 0.131. The Bertz CT molecular complexity index is 751. The second-order valence-electron chi connectivity index (χ2n) is 5.07. The number of carbonyl (C=O) groups excluding carboxylic acids is 1. The Hall–Kier alpha value is -3.01. The van der Waals surface area contributed by atoms with Gasteiger partial charge in [0.25, 0.3) is 0 Å². The predicted octanol–water partition coefficient (Wildman–Crippen LogP) is 3.59. The molecular formula is C19H17NO3. The molecule has 4 nitrogen and oxygen atoms in total. The van der Waals surface area contributed by atoms with Gasteiger partial charge in [-0.1, -0.05) is 48.5 Å². The summed E-state index contributed by atoms with van der Waals surface area (Å²) in [5.41, 5.74) is 2.09. The third-order valence-corrected chi connectivity index (χ3v) is 3.34. The largest absolute Gasteiger partial charge is 0.482 e. The van der Waals surface area contributed by atoms with E-state index in [0.29, 0.717) is 18.1 Å². The molecule has 0 aliphatic heterocycles. The van der Waals surface area contributed by atoms with E-state index in [1.54, 1.807) is 18.3 Å². The minimum atomic E-state index is -0.439. The third kappa shape index (κ3) is 4.23. The van der Waals surface area contributed by atoms with Gasteiger partial charge in [-0.15, -0.1) is 0 Å². The quantitative estimate of drug-likeness (QED) is 0.708. The number of aromatic nitrogens is 1. The van der Waals surface area contributed by atoms with Gasteiger partial charge >= 0.3 is 5.97 Å². The number of carbonyl (C=O) groups is 1. The van der Waals surface area contributed by atoms with E-state index in [-0.39, 0.29) is 6.61 Å². The van der Waals surface area contributed by atoms with Crippen molar-refractivity contribution in [3.8, 4) is 11.6 Å². The summed E-state index contributed by atoms with van der Waals surface area (Å²) in [6.45, 7) is -0.131. The lowest BCUT2D eigenvalue weighted by Crippen LogP contribution is -2.18. The number of para-hydroxylation sites is 1. The minimum Gasteiger partial charge on any atom is -0.482 e. The first-order valence-corrected chi connectivity index (χ1v) is 7.40. The summed E-state index contributed by atoms with van der Waals surface area (Å²) in [6.07, 6.45) is 2.46. The normalized spacial score (nSPS) is 10.3. The van der Waals surface area contributed by atoms with Gasteiger partial charge < -0.3 is 14.5 Å².